The monoisotopic (exact) mass is 300 g/mol. The molecule has 0 bridgehead atoms. The summed E-state index contributed by atoms with van der Waals surface area (Å²) in [6, 6.07) is 9.93. The lowest BCUT2D eigenvalue weighted by Gasteiger charge is -2.23. The highest BCUT2D eigenvalue weighted by Gasteiger charge is 2.20. The van der Waals surface area contributed by atoms with Crippen molar-refractivity contribution in [3.8, 4) is 0 Å². The molecule has 1 amide bonds. The summed E-state index contributed by atoms with van der Waals surface area (Å²) in [6.45, 7) is 3.27. The van der Waals surface area contributed by atoms with E-state index >= 15 is 0 Å². The number of carbonyl (C=O) groups is 1. The summed E-state index contributed by atoms with van der Waals surface area (Å²) < 4.78 is 1.84. The summed E-state index contributed by atoms with van der Waals surface area (Å²) >= 11 is 0. The van der Waals surface area contributed by atoms with Crippen molar-refractivity contribution in [2.24, 2.45) is 0 Å². The minimum absolute atomic E-state index is 0.0535. The fourth-order valence-electron chi connectivity index (χ4n) is 2.35. The van der Waals surface area contributed by atoms with Crippen LogP contribution in [0.1, 0.15) is 11.1 Å². The van der Waals surface area contributed by atoms with Crippen molar-refractivity contribution in [2.75, 3.05) is 20.6 Å². The fourth-order valence-corrected chi connectivity index (χ4v) is 2.35. The topological polar surface area (TPSA) is 50.2 Å². The molecule has 0 fully saturated rings. The van der Waals surface area contributed by atoms with Crippen LogP contribution in [0.3, 0.4) is 0 Å². The quantitative estimate of drug-likeness (QED) is 0.842. The first-order chi connectivity index (χ1) is 10.6. The Kier molecular flexibility index (Phi) is 5.72. The Hall–Kier alpha value is -2.14. The van der Waals surface area contributed by atoms with E-state index in [0.717, 1.165) is 5.56 Å². The highest BCUT2D eigenvalue weighted by molar-refractivity contribution is 5.82. The van der Waals surface area contributed by atoms with Crippen LogP contribution in [0, 0.1) is 6.92 Å². The maximum Gasteiger partial charge on any atom is 0.237 e. The molecule has 5 heteroatoms. The molecule has 2 rings (SSSR count). The minimum Gasteiger partial charge on any atom is -0.353 e. The number of amides is 1. The molecule has 118 valence electrons. The van der Waals surface area contributed by atoms with Crippen LogP contribution in [-0.4, -0.2) is 47.3 Å². The predicted molar refractivity (Wildman–Crippen MR) is 87.6 cm³/mol. The third-order valence-corrected chi connectivity index (χ3v) is 3.60. The van der Waals surface area contributed by atoms with Gasteiger partial charge in [-0.15, -0.1) is 0 Å². The zero-order valence-corrected chi connectivity index (χ0v) is 13.5. The van der Waals surface area contributed by atoms with Crippen molar-refractivity contribution in [1.29, 1.82) is 0 Å². The van der Waals surface area contributed by atoms with Crippen molar-refractivity contribution in [3.05, 3.63) is 53.9 Å². The van der Waals surface area contributed by atoms with E-state index in [1.165, 1.54) is 5.56 Å². The predicted octanol–water partition coefficient (Wildman–Crippen LogP) is 1.48. The fraction of sp³-hybridized carbons (Fsp3) is 0.412. The van der Waals surface area contributed by atoms with E-state index in [1.54, 1.807) is 0 Å². The number of aryl methyl sites for hydroxylation is 1. The maximum absolute atomic E-state index is 12.4. The molecule has 1 N–H and O–H groups in total. The molecule has 0 aliphatic rings. The summed E-state index contributed by atoms with van der Waals surface area (Å²) in [5.74, 6) is 0.0535. The lowest BCUT2D eigenvalue weighted by molar-refractivity contribution is -0.125. The second-order valence-corrected chi connectivity index (χ2v) is 5.74. The molecule has 0 unspecified atom stereocenters. The van der Waals surface area contributed by atoms with Gasteiger partial charge in [-0.05, 0) is 38.6 Å². The smallest absolute Gasteiger partial charge is 0.237 e. The molecule has 1 aromatic carbocycles. The number of hydrogen-bond donors (Lipinski definition) is 1. The Balaban J connectivity index is 1.86. The summed E-state index contributed by atoms with van der Waals surface area (Å²) in [6.07, 6.45) is 4.50. The Morgan fingerprint density at radius 1 is 1.32 bits per heavy atom. The van der Waals surface area contributed by atoms with Gasteiger partial charge < -0.3 is 5.32 Å². The lowest BCUT2D eigenvalue weighted by atomic mass is 10.0. The number of benzene rings is 1. The van der Waals surface area contributed by atoms with Gasteiger partial charge in [0.05, 0.1) is 18.8 Å². The third-order valence-electron chi connectivity index (χ3n) is 3.60. The van der Waals surface area contributed by atoms with Gasteiger partial charge >= 0.3 is 0 Å². The average Bonchev–Trinajstić information content (AvgIpc) is 2.91. The maximum atomic E-state index is 12.4. The average molecular weight is 300 g/mol. The van der Waals surface area contributed by atoms with Crippen molar-refractivity contribution < 1.29 is 4.79 Å². The molecular formula is C17H24N4O. The number of likely N-dealkylation sites (N-methyl/N-ethyl adjacent to an activating group) is 1. The highest BCUT2D eigenvalue weighted by atomic mass is 16.2. The van der Waals surface area contributed by atoms with Crippen LogP contribution in [0.25, 0.3) is 0 Å². The van der Waals surface area contributed by atoms with Gasteiger partial charge in [0.2, 0.25) is 5.91 Å². The molecule has 0 saturated carbocycles. The van der Waals surface area contributed by atoms with Crippen LogP contribution < -0.4 is 5.32 Å². The van der Waals surface area contributed by atoms with Gasteiger partial charge in [-0.25, -0.2) is 0 Å². The normalized spacial score (nSPS) is 12.4. The highest BCUT2D eigenvalue weighted by Crippen LogP contribution is 2.07. The first-order valence-corrected chi connectivity index (χ1v) is 7.53. The molecule has 0 saturated heterocycles. The van der Waals surface area contributed by atoms with Crippen LogP contribution in [0.5, 0.6) is 0 Å². The molecule has 0 spiro atoms. The van der Waals surface area contributed by atoms with Gasteiger partial charge in [0, 0.05) is 12.7 Å². The molecule has 1 atom stereocenters. The van der Waals surface area contributed by atoms with E-state index in [2.05, 4.69) is 22.5 Å². The summed E-state index contributed by atoms with van der Waals surface area (Å²) in [5, 5.41) is 7.22. The molecule has 2 aromatic rings. The minimum atomic E-state index is -0.165. The SMILES string of the molecule is Cc1cnn(CCNC(=O)[C@H](Cc2ccccc2)N(C)C)c1. The van der Waals surface area contributed by atoms with Crippen molar-refractivity contribution in [2.45, 2.75) is 25.9 Å². The lowest BCUT2D eigenvalue weighted by Crippen LogP contribution is -2.45. The number of hydrogen-bond acceptors (Lipinski definition) is 3. The number of nitrogens with one attached hydrogen (secondary N) is 1. The summed E-state index contributed by atoms with van der Waals surface area (Å²) in [7, 11) is 3.87. The molecule has 0 radical (unpaired) electrons. The second-order valence-electron chi connectivity index (χ2n) is 5.74. The van der Waals surface area contributed by atoms with E-state index in [0.29, 0.717) is 19.5 Å². The second kappa shape index (κ2) is 7.75. The molecule has 0 aliphatic heterocycles. The van der Waals surface area contributed by atoms with Crippen molar-refractivity contribution >= 4 is 5.91 Å². The van der Waals surface area contributed by atoms with E-state index in [4.69, 9.17) is 0 Å². The number of carbonyl (C=O) groups excluding carboxylic acids is 1. The molecule has 0 aliphatic carbocycles. The van der Waals surface area contributed by atoms with E-state index < -0.39 is 0 Å². The molecular weight excluding hydrogens is 276 g/mol. The summed E-state index contributed by atoms with van der Waals surface area (Å²) in [4.78, 5) is 14.4. The summed E-state index contributed by atoms with van der Waals surface area (Å²) in [5.41, 5.74) is 2.29. The molecule has 1 heterocycles. The largest absolute Gasteiger partial charge is 0.353 e. The Bertz CT molecular complexity index is 592. The van der Waals surface area contributed by atoms with Crippen LogP contribution in [0.15, 0.2) is 42.7 Å². The standard InChI is InChI=1S/C17H24N4O/c1-14-12-19-21(13-14)10-9-18-17(22)16(20(2)3)11-15-7-5-4-6-8-15/h4-8,12-13,16H,9-11H2,1-3H3,(H,18,22)/t16-/m0/s1. The first kappa shape index (κ1) is 16.2. The van der Waals surface area contributed by atoms with Gasteiger partial charge in [0.25, 0.3) is 0 Å². The molecule has 5 nitrogen and oxygen atoms in total. The van der Waals surface area contributed by atoms with Gasteiger partial charge in [0.15, 0.2) is 0 Å². The van der Waals surface area contributed by atoms with Crippen molar-refractivity contribution in [1.82, 2.24) is 20.0 Å². The van der Waals surface area contributed by atoms with Gasteiger partial charge in [-0.1, -0.05) is 30.3 Å². The number of aromatic nitrogens is 2. The van der Waals surface area contributed by atoms with Crippen molar-refractivity contribution in [3.63, 3.8) is 0 Å². The number of rotatable bonds is 7. The Labute approximate surface area is 131 Å². The zero-order chi connectivity index (χ0) is 15.9. The van der Waals surface area contributed by atoms with Crippen LogP contribution in [0.4, 0.5) is 0 Å². The van der Waals surface area contributed by atoms with Gasteiger partial charge in [-0.2, -0.15) is 5.10 Å². The van der Waals surface area contributed by atoms with Crippen LogP contribution in [-0.2, 0) is 17.8 Å². The Morgan fingerprint density at radius 2 is 2.05 bits per heavy atom. The van der Waals surface area contributed by atoms with Crippen LogP contribution in [0.2, 0.25) is 0 Å². The molecule has 1 aromatic heterocycles. The zero-order valence-electron chi connectivity index (χ0n) is 13.5. The van der Waals surface area contributed by atoms with Gasteiger partial charge in [0.1, 0.15) is 0 Å². The van der Waals surface area contributed by atoms with E-state index in [1.807, 2.05) is 61.2 Å². The third kappa shape index (κ3) is 4.70. The van der Waals surface area contributed by atoms with E-state index in [-0.39, 0.29) is 11.9 Å². The van der Waals surface area contributed by atoms with Crippen LogP contribution >= 0.6 is 0 Å². The number of nitrogens with zero attached hydrogens (tertiary/aromatic N) is 3. The Morgan fingerprint density at radius 3 is 2.64 bits per heavy atom. The van der Waals surface area contributed by atoms with Gasteiger partial charge in [-0.3, -0.25) is 14.4 Å². The molecule has 22 heavy (non-hydrogen) atoms. The van der Waals surface area contributed by atoms with E-state index in [9.17, 15) is 4.79 Å². The first-order valence-electron chi connectivity index (χ1n) is 7.53.